The summed E-state index contributed by atoms with van der Waals surface area (Å²) in [5.74, 6) is -3.24. The number of hydrogen-bond acceptors (Lipinski definition) is 3. The molecule has 0 fully saturated rings. The van der Waals surface area contributed by atoms with Crippen molar-refractivity contribution in [2.75, 3.05) is 0 Å². The molecular formula is C6H9NaO6. The molecule has 0 aliphatic heterocycles. The van der Waals surface area contributed by atoms with E-state index >= 15 is 0 Å². The Hall–Kier alpha value is -0.720. The number of hydrogen-bond donors (Lipinski definition) is 3. The van der Waals surface area contributed by atoms with Crippen molar-refractivity contribution < 1.29 is 59.3 Å². The minimum atomic E-state index is -1.08. The van der Waals surface area contributed by atoms with Gasteiger partial charge >= 0.3 is 41.5 Å². The van der Waals surface area contributed by atoms with Crippen molar-refractivity contribution in [3.05, 3.63) is 6.92 Å². The number of carbonyl (C=O) groups is 3. The summed E-state index contributed by atoms with van der Waals surface area (Å²) in [5, 5.41) is 23.1. The van der Waals surface area contributed by atoms with Gasteiger partial charge in [0.15, 0.2) is 5.97 Å². The van der Waals surface area contributed by atoms with Crippen LogP contribution in [0.25, 0.3) is 0 Å². The zero-order valence-electron chi connectivity index (χ0n) is 7.19. The van der Waals surface area contributed by atoms with Crippen molar-refractivity contribution in [2.24, 2.45) is 0 Å². The molecule has 0 atom stereocenters. The summed E-state index contributed by atoms with van der Waals surface area (Å²) in [4.78, 5) is 28.2. The van der Waals surface area contributed by atoms with Gasteiger partial charge < -0.3 is 15.3 Å². The summed E-state index contributed by atoms with van der Waals surface area (Å²) in [7, 11) is 0. The molecule has 0 amide bonds. The molecule has 0 bridgehead atoms. The fourth-order valence-corrected chi connectivity index (χ4v) is 0.214. The van der Waals surface area contributed by atoms with E-state index in [1.165, 1.54) is 0 Å². The average Bonchev–Trinajstić information content (AvgIpc) is 1.82. The Kier molecular flexibility index (Phi) is 15.7. The van der Waals surface area contributed by atoms with E-state index in [1.807, 2.05) is 0 Å². The fraction of sp³-hybridized carbons (Fsp3) is 0.333. The number of carboxylic acids is 3. The van der Waals surface area contributed by atoms with Gasteiger partial charge in [-0.2, -0.15) is 0 Å². The predicted molar refractivity (Wildman–Crippen MR) is 37.5 cm³/mol. The standard InChI is InChI=1S/C4H6O4.C2H3O2.Na/c5-3(6)1-2-4(7)8;1-2(3)4;/h1-2H2,(H,5,6)(H,7,8);1H2,(H,3,4);/q;-1;+1. The fourth-order valence-electron chi connectivity index (χ4n) is 0.214. The molecule has 13 heavy (non-hydrogen) atoms. The monoisotopic (exact) mass is 200 g/mol. The Morgan fingerprint density at radius 3 is 1.15 bits per heavy atom. The third-order valence-electron chi connectivity index (χ3n) is 0.553. The largest absolute Gasteiger partial charge is 1.00 e. The van der Waals surface area contributed by atoms with Gasteiger partial charge in [0.1, 0.15) is 0 Å². The Bertz CT molecular complexity index is 160. The van der Waals surface area contributed by atoms with Crippen molar-refractivity contribution in [1.82, 2.24) is 0 Å². The van der Waals surface area contributed by atoms with Crippen LogP contribution in [0.15, 0.2) is 0 Å². The van der Waals surface area contributed by atoms with E-state index in [-0.39, 0.29) is 42.4 Å². The third kappa shape index (κ3) is 53.0. The van der Waals surface area contributed by atoms with E-state index in [0.29, 0.717) is 0 Å². The predicted octanol–water partition coefficient (Wildman–Crippen LogP) is -3.16. The Balaban J connectivity index is -0.000000173. The minimum absolute atomic E-state index is 0. The summed E-state index contributed by atoms with van der Waals surface area (Å²) in [6.45, 7) is 2.56. The zero-order valence-corrected chi connectivity index (χ0v) is 9.19. The van der Waals surface area contributed by atoms with Crippen molar-refractivity contribution in [1.29, 1.82) is 0 Å². The first-order chi connectivity index (χ1) is 5.36. The van der Waals surface area contributed by atoms with Crippen LogP contribution in [-0.4, -0.2) is 33.2 Å². The van der Waals surface area contributed by atoms with Crippen molar-refractivity contribution in [2.45, 2.75) is 12.8 Å². The molecule has 70 valence electrons. The van der Waals surface area contributed by atoms with Crippen LogP contribution >= 0.6 is 0 Å². The Morgan fingerprint density at radius 2 is 1.08 bits per heavy atom. The molecule has 0 radical (unpaired) electrons. The minimum Gasteiger partial charge on any atom is -0.503 e. The number of rotatable bonds is 3. The van der Waals surface area contributed by atoms with Crippen LogP contribution in [0.3, 0.4) is 0 Å². The molecule has 0 aromatic carbocycles. The summed E-state index contributed by atoms with van der Waals surface area (Å²) < 4.78 is 0. The van der Waals surface area contributed by atoms with Crippen molar-refractivity contribution >= 4 is 17.9 Å². The smallest absolute Gasteiger partial charge is 0.503 e. The van der Waals surface area contributed by atoms with Crippen LogP contribution in [0, 0.1) is 6.92 Å². The summed E-state index contributed by atoms with van der Waals surface area (Å²) >= 11 is 0. The van der Waals surface area contributed by atoms with Gasteiger partial charge in [-0.05, 0) is 0 Å². The molecule has 0 aliphatic rings. The van der Waals surface area contributed by atoms with E-state index in [1.54, 1.807) is 0 Å². The van der Waals surface area contributed by atoms with Gasteiger partial charge in [-0.15, -0.1) is 0 Å². The molecule has 3 N–H and O–H groups in total. The van der Waals surface area contributed by atoms with Crippen LogP contribution in [0.4, 0.5) is 0 Å². The normalized spacial score (nSPS) is 7.08. The average molecular weight is 200 g/mol. The molecule has 0 unspecified atom stereocenters. The Morgan fingerprint density at radius 1 is 0.923 bits per heavy atom. The molecule has 0 aliphatic carbocycles. The molecule has 0 aromatic heterocycles. The SMILES string of the molecule is O=C(O)CCC(=O)O.[CH2-]C(=O)O.[Na+]. The van der Waals surface area contributed by atoms with Crippen LogP contribution < -0.4 is 29.6 Å². The van der Waals surface area contributed by atoms with Gasteiger partial charge in [0.25, 0.3) is 0 Å². The van der Waals surface area contributed by atoms with Gasteiger partial charge in [0.2, 0.25) is 0 Å². The second kappa shape index (κ2) is 11.3. The van der Waals surface area contributed by atoms with Gasteiger partial charge in [0, 0.05) is 0 Å². The van der Waals surface area contributed by atoms with Crippen molar-refractivity contribution in [3.63, 3.8) is 0 Å². The molecule has 7 heteroatoms. The molecule has 6 nitrogen and oxygen atoms in total. The van der Waals surface area contributed by atoms with Gasteiger partial charge in [-0.1, -0.05) is 0 Å². The first-order valence-corrected chi connectivity index (χ1v) is 2.84. The zero-order chi connectivity index (χ0) is 10.1. The topological polar surface area (TPSA) is 112 Å². The third-order valence-corrected chi connectivity index (χ3v) is 0.553. The molecular weight excluding hydrogens is 191 g/mol. The first kappa shape index (κ1) is 18.1. The maximum Gasteiger partial charge on any atom is 1.00 e. The summed E-state index contributed by atoms with van der Waals surface area (Å²) in [5.41, 5.74) is 0. The van der Waals surface area contributed by atoms with Crippen LogP contribution in [0.2, 0.25) is 0 Å². The Labute approximate surface area is 96.9 Å². The quantitative estimate of drug-likeness (QED) is 0.327. The molecule has 0 rings (SSSR count). The molecule has 0 aromatic rings. The van der Waals surface area contributed by atoms with Crippen LogP contribution in [0.1, 0.15) is 12.8 Å². The van der Waals surface area contributed by atoms with Crippen LogP contribution in [0.5, 0.6) is 0 Å². The van der Waals surface area contributed by atoms with Gasteiger partial charge in [-0.25, -0.2) is 0 Å². The number of aliphatic carboxylic acids is 3. The second-order valence-electron chi connectivity index (χ2n) is 1.68. The summed E-state index contributed by atoms with van der Waals surface area (Å²) in [6.07, 6.45) is -0.593. The molecule has 0 saturated heterocycles. The number of carboxylic acid groups (broad SMARTS) is 3. The van der Waals surface area contributed by atoms with E-state index in [9.17, 15) is 9.59 Å². The van der Waals surface area contributed by atoms with E-state index < -0.39 is 17.9 Å². The first-order valence-electron chi connectivity index (χ1n) is 2.84. The van der Waals surface area contributed by atoms with Gasteiger partial charge in [0.05, 0.1) is 12.8 Å². The maximum atomic E-state index is 9.64. The van der Waals surface area contributed by atoms with E-state index in [2.05, 4.69) is 6.92 Å². The molecule has 0 spiro atoms. The van der Waals surface area contributed by atoms with Crippen LogP contribution in [-0.2, 0) is 14.4 Å². The van der Waals surface area contributed by atoms with E-state index in [4.69, 9.17) is 20.1 Å². The second-order valence-corrected chi connectivity index (χ2v) is 1.68. The molecule has 0 saturated carbocycles. The van der Waals surface area contributed by atoms with Crippen molar-refractivity contribution in [3.8, 4) is 0 Å². The van der Waals surface area contributed by atoms with E-state index in [0.717, 1.165) is 0 Å². The summed E-state index contributed by atoms with van der Waals surface area (Å²) in [6, 6.07) is 0. The molecule has 0 heterocycles. The maximum absolute atomic E-state index is 9.64. The van der Waals surface area contributed by atoms with Gasteiger partial charge in [-0.3, -0.25) is 21.3 Å².